The first-order valence-corrected chi connectivity index (χ1v) is 6.04. The van der Waals surface area contributed by atoms with Crippen molar-refractivity contribution in [1.82, 2.24) is 15.3 Å². The zero-order valence-corrected chi connectivity index (χ0v) is 11.4. The maximum atomic E-state index is 11.8. The minimum absolute atomic E-state index is 0.0270. The van der Waals surface area contributed by atoms with Crippen LogP contribution in [-0.2, 0) is 14.3 Å². The molecule has 1 unspecified atom stereocenters. The smallest absolute Gasteiger partial charge is 0.326 e. The fourth-order valence-electron chi connectivity index (χ4n) is 1.51. The molecule has 1 amide bonds. The van der Waals surface area contributed by atoms with Crippen LogP contribution in [0.1, 0.15) is 6.42 Å². The van der Waals surface area contributed by atoms with Crippen molar-refractivity contribution in [1.29, 1.82) is 0 Å². The normalized spacial score (nSPS) is 11.7. The Labute approximate surface area is 116 Å². The molecule has 0 aliphatic carbocycles. The average Bonchev–Trinajstić information content (AvgIpc) is 2.44. The number of aromatic nitrogens is 2. The van der Waals surface area contributed by atoms with Crippen molar-refractivity contribution < 1.29 is 19.4 Å². The number of hydrogen-bond donors (Lipinski definition) is 2. The van der Waals surface area contributed by atoms with E-state index in [-0.39, 0.29) is 19.6 Å². The van der Waals surface area contributed by atoms with Crippen LogP contribution >= 0.6 is 0 Å². The van der Waals surface area contributed by atoms with Crippen molar-refractivity contribution in [3.05, 3.63) is 18.5 Å². The molecule has 0 saturated heterocycles. The Kier molecular flexibility index (Phi) is 6.38. The summed E-state index contributed by atoms with van der Waals surface area (Å²) in [4.78, 5) is 32.3. The first-order chi connectivity index (χ1) is 9.54. The molecule has 8 heteroatoms. The number of methoxy groups -OCH3 is 1. The number of likely N-dealkylation sites (N-methyl/N-ethyl adjacent to an activating group) is 1. The Bertz CT molecular complexity index is 440. The molecule has 0 bridgehead atoms. The summed E-state index contributed by atoms with van der Waals surface area (Å²) in [5, 5.41) is 11.4. The molecule has 0 aromatic carbocycles. The fourth-order valence-corrected chi connectivity index (χ4v) is 1.51. The molecule has 1 heterocycles. The molecule has 8 nitrogen and oxygen atoms in total. The second-order valence-corrected chi connectivity index (χ2v) is 4.14. The van der Waals surface area contributed by atoms with Crippen LogP contribution in [0.25, 0.3) is 0 Å². The molecule has 0 aliphatic heterocycles. The van der Waals surface area contributed by atoms with Crippen molar-refractivity contribution in [2.45, 2.75) is 12.5 Å². The third kappa shape index (κ3) is 5.19. The Morgan fingerprint density at radius 3 is 2.65 bits per heavy atom. The highest BCUT2D eigenvalue weighted by Gasteiger charge is 2.20. The van der Waals surface area contributed by atoms with Gasteiger partial charge in [-0.05, 0) is 6.07 Å². The van der Waals surface area contributed by atoms with Crippen molar-refractivity contribution in [3.63, 3.8) is 0 Å². The largest absolute Gasteiger partial charge is 0.480 e. The summed E-state index contributed by atoms with van der Waals surface area (Å²) in [5.74, 6) is -1.11. The quantitative estimate of drug-likeness (QED) is 0.663. The van der Waals surface area contributed by atoms with E-state index in [4.69, 9.17) is 9.84 Å². The Hall–Kier alpha value is -2.22. The van der Waals surface area contributed by atoms with E-state index in [0.29, 0.717) is 5.95 Å². The molecule has 1 aromatic rings. The van der Waals surface area contributed by atoms with Gasteiger partial charge >= 0.3 is 5.97 Å². The summed E-state index contributed by atoms with van der Waals surface area (Å²) < 4.78 is 4.81. The van der Waals surface area contributed by atoms with Crippen molar-refractivity contribution in [2.24, 2.45) is 0 Å². The van der Waals surface area contributed by atoms with Gasteiger partial charge in [0.05, 0.1) is 6.54 Å². The van der Waals surface area contributed by atoms with Crippen molar-refractivity contribution in [2.75, 3.05) is 32.2 Å². The molecule has 0 saturated carbocycles. The molecule has 110 valence electrons. The molecule has 1 aromatic heterocycles. The maximum absolute atomic E-state index is 11.8. The second kappa shape index (κ2) is 8.05. The number of ether oxygens (including phenoxy) is 1. The number of carbonyl (C=O) groups excluding carboxylic acids is 1. The van der Waals surface area contributed by atoms with E-state index in [9.17, 15) is 9.59 Å². The average molecular weight is 282 g/mol. The fraction of sp³-hybridized carbons (Fsp3) is 0.500. The molecular weight excluding hydrogens is 264 g/mol. The van der Waals surface area contributed by atoms with Crippen LogP contribution in [0.4, 0.5) is 5.95 Å². The van der Waals surface area contributed by atoms with Gasteiger partial charge in [0.15, 0.2) is 0 Å². The van der Waals surface area contributed by atoms with Crippen LogP contribution in [0.5, 0.6) is 0 Å². The van der Waals surface area contributed by atoms with Crippen LogP contribution in [0.15, 0.2) is 18.5 Å². The highest BCUT2D eigenvalue weighted by atomic mass is 16.5. The van der Waals surface area contributed by atoms with E-state index < -0.39 is 17.9 Å². The number of rotatable bonds is 8. The number of nitrogens with zero attached hydrogens (tertiary/aromatic N) is 3. The summed E-state index contributed by atoms with van der Waals surface area (Å²) in [7, 11) is 3.13. The lowest BCUT2D eigenvalue weighted by molar-refractivity contribution is -0.142. The van der Waals surface area contributed by atoms with E-state index in [1.54, 1.807) is 25.5 Å². The molecule has 2 N–H and O–H groups in total. The van der Waals surface area contributed by atoms with Gasteiger partial charge in [0.25, 0.3) is 0 Å². The summed E-state index contributed by atoms with van der Waals surface area (Å²) in [6.45, 7) is 0.232. The topological polar surface area (TPSA) is 105 Å². The molecule has 1 rings (SSSR count). The monoisotopic (exact) mass is 282 g/mol. The number of carboxylic acid groups (broad SMARTS) is 1. The van der Waals surface area contributed by atoms with Crippen LogP contribution in [0, 0.1) is 0 Å². The van der Waals surface area contributed by atoms with Gasteiger partial charge in [-0.1, -0.05) is 0 Å². The van der Waals surface area contributed by atoms with E-state index in [1.165, 1.54) is 12.0 Å². The van der Waals surface area contributed by atoms with E-state index in [2.05, 4.69) is 15.3 Å². The van der Waals surface area contributed by atoms with Gasteiger partial charge in [-0.3, -0.25) is 4.79 Å². The lowest BCUT2D eigenvalue weighted by atomic mass is 10.2. The van der Waals surface area contributed by atoms with E-state index in [0.717, 1.165) is 0 Å². The predicted octanol–water partition coefficient (Wildman–Crippen LogP) is -0.481. The number of anilines is 1. The molecule has 20 heavy (non-hydrogen) atoms. The predicted molar refractivity (Wildman–Crippen MR) is 71.4 cm³/mol. The molecule has 0 aliphatic rings. The maximum Gasteiger partial charge on any atom is 0.326 e. The van der Waals surface area contributed by atoms with Gasteiger partial charge < -0.3 is 20.1 Å². The van der Waals surface area contributed by atoms with Crippen LogP contribution in [0.2, 0.25) is 0 Å². The van der Waals surface area contributed by atoms with Crippen LogP contribution in [-0.4, -0.2) is 60.3 Å². The lowest BCUT2D eigenvalue weighted by Crippen LogP contribution is -2.45. The first kappa shape index (κ1) is 15.8. The summed E-state index contributed by atoms with van der Waals surface area (Å²) >= 11 is 0. The molecule has 0 radical (unpaired) electrons. The van der Waals surface area contributed by atoms with Crippen LogP contribution < -0.4 is 10.2 Å². The van der Waals surface area contributed by atoms with Crippen molar-refractivity contribution >= 4 is 17.8 Å². The highest BCUT2D eigenvalue weighted by molar-refractivity contribution is 5.86. The Morgan fingerprint density at radius 1 is 1.45 bits per heavy atom. The third-order valence-electron chi connectivity index (χ3n) is 2.52. The number of carbonyl (C=O) groups is 2. The van der Waals surface area contributed by atoms with Gasteiger partial charge in [-0.15, -0.1) is 0 Å². The van der Waals surface area contributed by atoms with Crippen LogP contribution in [0.3, 0.4) is 0 Å². The van der Waals surface area contributed by atoms with Gasteiger partial charge in [0.1, 0.15) is 6.04 Å². The second-order valence-electron chi connectivity index (χ2n) is 4.14. The molecular formula is C12H18N4O4. The number of hydrogen-bond acceptors (Lipinski definition) is 6. The minimum Gasteiger partial charge on any atom is -0.480 e. The molecule has 1 atom stereocenters. The standard InChI is InChI=1S/C12H18N4O4/c1-16(12-13-5-3-6-14-12)8-10(17)15-9(11(18)19)4-7-20-2/h3,5-6,9H,4,7-8H2,1-2H3,(H,15,17)(H,18,19). The highest BCUT2D eigenvalue weighted by Crippen LogP contribution is 2.01. The third-order valence-corrected chi connectivity index (χ3v) is 2.52. The summed E-state index contributed by atoms with van der Waals surface area (Å²) in [6, 6.07) is 0.704. The zero-order valence-electron chi connectivity index (χ0n) is 11.4. The summed E-state index contributed by atoms with van der Waals surface area (Å²) in [6.07, 6.45) is 3.34. The van der Waals surface area contributed by atoms with Crippen molar-refractivity contribution in [3.8, 4) is 0 Å². The number of amides is 1. The van der Waals surface area contributed by atoms with E-state index in [1.807, 2.05) is 0 Å². The Balaban J connectivity index is 2.51. The SMILES string of the molecule is COCCC(NC(=O)CN(C)c1ncccn1)C(=O)O. The zero-order chi connectivity index (χ0) is 15.0. The van der Waals surface area contributed by atoms with Gasteiger partial charge in [0, 0.05) is 39.6 Å². The number of carboxylic acids is 1. The minimum atomic E-state index is -1.09. The van der Waals surface area contributed by atoms with Gasteiger partial charge in [-0.25, -0.2) is 14.8 Å². The summed E-state index contributed by atoms with van der Waals surface area (Å²) in [5.41, 5.74) is 0. The number of nitrogens with one attached hydrogen (secondary N) is 1. The number of aliphatic carboxylic acids is 1. The Morgan fingerprint density at radius 2 is 2.10 bits per heavy atom. The molecule has 0 spiro atoms. The molecule has 0 fully saturated rings. The van der Waals surface area contributed by atoms with Gasteiger partial charge in [0.2, 0.25) is 11.9 Å². The lowest BCUT2D eigenvalue weighted by Gasteiger charge is -2.18. The van der Waals surface area contributed by atoms with E-state index >= 15 is 0 Å². The van der Waals surface area contributed by atoms with Gasteiger partial charge in [-0.2, -0.15) is 0 Å². The first-order valence-electron chi connectivity index (χ1n) is 6.04.